The van der Waals surface area contributed by atoms with Crippen LogP contribution >= 0.6 is 0 Å². The second-order valence-electron chi connectivity index (χ2n) is 8.88. The van der Waals surface area contributed by atoms with Crippen LogP contribution in [0.5, 0.6) is 0 Å². The molecule has 160 valence electrons. The summed E-state index contributed by atoms with van der Waals surface area (Å²) in [6.45, 7) is 5.05. The molecule has 1 aliphatic heterocycles. The third kappa shape index (κ3) is 3.97. The Morgan fingerprint density at radius 1 is 1.06 bits per heavy atom. The van der Waals surface area contributed by atoms with Crippen LogP contribution in [0, 0.1) is 11.8 Å². The van der Waals surface area contributed by atoms with Gasteiger partial charge in [-0.2, -0.15) is 0 Å². The Labute approximate surface area is 183 Å². The first-order valence-corrected chi connectivity index (χ1v) is 11.4. The molecule has 1 aromatic heterocycles. The molecule has 0 unspecified atom stereocenters. The highest BCUT2D eigenvalue weighted by Gasteiger charge is 2.37. The number of nitrogens with one attached hydrogen (secondary N) is 1. The van der Waals surface area contributed by atoms with Gasteiger partial charge in [0.25, 0.3) is 5.91 Å². The van der Waals surface area contributed by atoms with Crippen molar-refractivity contribution in [3.8, 4) is 11.1 Å². The predicted octanol–water partition coefficient (Wildman–Crippen LogP) is 4.56. The number of fused-ring (bicyclic) bond motifs is 1. The maximum Gasteiger partial charge on any atom is 0.253 e. The first kappa shape index (κ1) is 19.9. The second-order valence-corrected chi connectivity index (χ2v) is 8.88. The SMILES string of the molecule is CCN(C[C@@H]1CCN(C(=O)C2CC2)C1)C(=O)c1ccc(-c2cccc3cc[nH]c23)cc1. The summed E-state index contributed by atoms with van der Waals surface area (Å²) in [5.41, 5.74) is 4.06. The number of benzene rings is 2. The highest BCUT2D eigenvalue weighted by molar-refractivity contribution is 5.97. The van der Waals surface area contributed by atoms with E-state index in [1.165, 1.54) is 5.39 Å². The standard InChI is InChI=1S/C26H29N3O2/c1-2-28(16-18-13-15-29(17-18)26(31)22-10-11-22)25(30)21-8-6-19(7-9-21)23-5-3-4-20-12-14-27-24(20)23/h3-9,12,14,18,22,27H,2,10-11,13,15-17H2,1H3/t18-/m0/s1. The van der Waals surface area contributed by atoms with Crippen LogP contribution in [0.3, 0.4) is 0 Å². The van der Waals surface area contributed by atoms with E-state index in [1.54, 1.807) is 0 Å². The van der Waals surface area contributed by atoms with Gasteiger partial charge in [-0.15, -0.1) is 0 Å². The number of nitrogens with zero attached hydrogens (tertiary/aromatic N) is 2. The van der Waals surface area contributed by atoms with Crippen molar-refractivity contribution in [2.45, 2.75) is 26.2 Å². The van der Waals surface area contributed by atoms with Crippen LogP contribution in [0.15, 0.2) is 54.7 Å². The van der Waals surface area contributed by atoms with Crippen molar-refractivity contribution in [1.29, 1.82) is 0 Å². The van der Waals surface area contributed by atoms with E-state index in [9.17, 15) is 9.59 Å². The smallest absolute Gasteiger partial charge is 0.253 e. The summed E-state index contributed by atoms with van der Waals surface area (Å²) in [6.07, 6.45) is 5.04. The van der Waals surface area contributed by atoms with Gasteiger partial charge in [0.05, 0.1) is 5.52 Å². The molecule has 2 heterocycles. The fraction of sp³-hybridized carbons (Fsp3) is 0.385. The monoisotopic (exact) mass is 415 g/mol. The molecule has 1 N–H and O–H groups in total. The lowest BCUT2D eigenvalue weighted by molar-refractivity contribution is -0.131. The van der Waals surface area contributed by atoms with Crippen molar-refractivity contribution in [3.05, 3.63) is 60.3 Å². The molecule has 2 amide bonds. The number of hydrogen-bond donors (Lipinski definition) is 1. The van der Waals surface area contributed by atoms with E-state index in [-0.39, 0.29) is 11.8 Å². The second kappa shape index (κ2) is 8.22. The minimum atomic E-state index is 0.0686. The third-order valence-electron chi connectivity index (χ3n) is 6.70. The van der Waals surface area contributed by atoms with Crippen molar-refractivity contribution in [2.24, 2.45) is 11.8 Å². The zero-order valence-electron chi connectivity index (χ0n) is 18.0. The van der Waals surface area contributed by atoms with Gasteiger partial charge in [0.1, 0.15) is 0 Å². The molecule has 5 heteroatoms. The molecular formula is C26H29N3O2. The molecule has 1 aliphatic carbocycles. The maximum absolute atomic E-state index is 13.2. The molecule has 1 atom stereocenters. The molecule has 5 rings (SSSR count). The maximum atomic E-state index is 13.2. The average Bonchev–Trinajstić information content (AvgIpc) is 3.35. The average molecular weight is 416 g/mol. The minimum Gasteiger partial charge on any atom is -0.361 e. The fourth-order valence-corrected chi connectivity index (χ4v) is 4.74. The Morgan fingerprint density at radius 3 is 2.61 bits per heavy atom. The minimum absolute atomic E-state index is 0.0686. The summed E-state index contributed by atoms with van der Waals surface area (Å²) in [6, 6.07) is 16.2. The summed E-state index contributed by atoms with van der Waals surface area (Å²) >= 11 is 0. The molecule has 2 aliphatic rings. The van der Waals surface area contributed by atoms with E-state index >= 15 is 0 Å². The van der Waals surface area contributed by atoms with Crippen LogP contribution in [0.2, 0.25) is 0 Å². The molecule has 2 fully saturated rings. The number of likely N-dealkylation sites (tertiary alicyclic amines) is 1. The van der Waals surface area contributed by atoms with Gasteiger partial charge in [-0.05, 0) is 61.3 Å². The van der Waals surface area contributed by atoms with Gasteiger partial charge in [-0.25, -0.2) is 0 Å². The number of hydrogen-bond acceptors (Lipinski definition) is 2. The van der Waals surface area contributed by atoms with Crippen LogP contribution in [0.4, 0.5) is 0 Å². The Hall–Kier alpha value is -3.08. The number of carbonyl (C=O) groups is 2. The van der Waals surface area contributed by atoms with Crippen molar-refractivity contribution in [2.75, 3.05) is 26.2 Å². The highest BCUT2D eigenvalue weighted by Crippen LogP contribution is 2.33. The van der Waals surface area contributed by atoms with Crippen molar-refractivity contribution in [3.63, 3.8) is 0 Å². The van der Waals surface area contributed by atoms with E-state index < -0.39 is 0 Å². The lowest BCUT2D eigenvalue weighted by atomic mass is 10.0. The van der Waals surface area contributed by atoms with Gasteiger partial charge in [-0.1, -0.05) is 30.3 Å². The molecule has 3 aromatic rings. The van der Waals surface area contributed by atoms with Gasteiger partial charge in [0.2, 0.25) is 5.91 Å². The first-order valence-electron chi connectivity index (χ1n) is 11.4. The van der Waals surface area contributed by atoms with Crippen molar-refractivity contribution in [1.82, 2.24) is 14.8 Å². The lowest BCUT2D eigenvalue weighted by Crippen LogP contribution is -2.37. The zero-order chi connectivity index (χ0) is 21.4. The van der Waals surface area contributed by atoms with Crippen LogP contribution < -0.4 is 0 Å². The van der Waals surface area contributed by atoms with Gasteiger partial charge in [-0.3, -0.25) is 9.59 Å². The van der Waals surface area contributed by atoms with Crippen molar-refractivity contribution >= 4 is 22.7 Å². The molecule has 31 heavy (non-hydrogen) atoms. The fourth-order valence-electron chi connectivity index (χ4n) is 4.74. The van der Waals surface area contributed by atoms with Crippen molar-refractivity contribution < 1.29 is 9.59 Å². The van der Waals surface area contributed by atoms with E-state index in [0.717, 1.165) is 49.0 Å². The Bertz CT molecular complexity index is 1100. The summed E-state index contributed by atoms with van der Waals surface area (Å²) < 4.78 is 0. The number of rotatable bonds is 6. The number of aromatic amines is 1. The van der Waals surface area contributed by atoms with Crippen LogP contribution in [-0.2, 0) is 4.79 Å². The molecular weight excluding hydrogens is 386 g/mol. The Morgan fingerprint density at radius 2 is 1.87 bits per heavy atom. The Balaban J connectivity index is 1.26. The number of aromatic nitrogens is 1. The number of carbonyl (C=O) groups excluding carboxylic acids is 2. The third-order valence-corrected chi connectivity index (χ3v) is 6.70. The summed E-state index contributed by atoms with van der Waals surface area (Å²) in [5, 5.41) is 1.18. The molecule has 2 aromatic carbocycles. The van der Waals surface area contributed by atoms with E-state index in [0.29, 0.717) is 30.5 Å². The molecule has 0 bridgehead atoms. The Kier molecular flexibility index (Phi) is 5.26. The van der Waals surface area contributed by atoms with E-state index in [1.807, 2.05) is 47.2 Å². The quantitative estimate of drug-likeness (QED) is 0.642. The molecule has 0 radical (unpaired) electrons. The van der Waals surface area contributed by atoms with Gasteiger partial charge < -0.3 is 14.8 Å². The number of para-hydroxylation sites is 1. The molecule has 1 saturated carbocycles. The normalized spacial score (nSPS) is 18.5. The highest BCUT2D eigenvalue weighted by atomic mass is 16.2. The number of amides is 2. The topological polar surface area (TPSA) is 56.4 Å². The lowest BCUT2D eigenvalue weighted by Gasteiger charge is -2.25. The van der Waals surface area contributed by atoms with Crippen LogP contribution in [0.1, 0.15) is 36.5 Å². The molecule has 1 saturated heterocycles. The summed E-state index contributed by atoms with van der Waals surface area (Å²) in [7, 11) is 0. The molecule has 5 nitrogen and oxygen atoms in total. The van der Waals surface area contributed by atoms with Gasteiger partial charge in [0, 0.05) is 49.4 Å². The van der Waals surface area contributed by atoms with Crippen LogP contribution in [0.25, 0.3) is 22.0 Å². The first-order chi connectivity index (χ1) is 15.1. The predicted molar refractivity (Wildman–Crippen MR) is 123 cm³/mol. The number of H-pyrrole nitrogens is 1. The van der Waals surface area contributed by atoms with E-state index in [2.05, 4.69) is 29.2 Å². The zero-order valence-corrected chi connectivity index (χ0v) is 18.0. The van der Waals surface area contributed by atoms with E-state index in [4.69, 9.17) is 0 Å². The molecule has 0 spiro atoms. The van der Waals surface area contributed by atoms with Gasteiger partial charge in [0.15, 0.2) is 0 Å². The summed E-state index contributed by atoms with van der Waals surface area (Å²) in [4.78, 5) is 32.7. The van der Waals surface area contributed by atoms with Crippen LogP contribution in [-0.4, -0.2) is 52.8 Å². The summed E-state index contributed by atoms with van der Waals surface area (Å²) in [5.74, 6) is 1.04. The van der Waals surface area contributed by atoms with Gasteiger partial charge >= 0.3 is 0 Å². The largest absolute Gasteiger partial charge is 0.361 e.